The number of carbonyl (C=O) groups is 1. The summed E-state index contributed by atoms with van der Waals surface area (Å²) in [6.45, 7) is 0.405. The second kappa shape index (κ2) is 4.44. The Kier molecular flexibility index (Phi) is 2.57. The zero-order valence-corrected chi connectivity index (χ0v) is 11.3. The Bertz CT molecular complexity index is 829. The maximum Gasteiger partial charge on any atom is 0.354 e. The highest BCUT2D eigenvalue weighted by molar-refractivity contribution is 5.85. The van der Waals surface area contributed by atoms with Gasteiger partial charge in [-0.25, -0.2) is 14.8 Å². The lowest BCUT2D eigenvalue weighted by Crippen LogP contribution is -2.08. The average Bonchev–Trinajstić information content (AvgIpc) is 3.07. The summed E-state index contributed by atoms with van der Waals surface area (Å²) in [5.74, 6) is -0.278. The standard InChI is InChI=1S/C15H14N4O2/c20-15(21)13-5-16-9-19(13)8-12-7-18-6-11(10-1-2-10)3-4-14(18)17-12/h3-7,9-10H,1-2,8H2,(H,20,21). The van der Waals surface area contributed by atoms with Crippen LogP contribution in [0.4, 0.5) is 0 Å². The summed E-state index contributed by atoms with van der Waals surface area (Å²) >= 11 is 0. The number of pyridine rings is 1. The second-order valence-electron chi connectivity index (χ2n) is 5.45. The third-order valence-electron chi connectivity index (χ3n) is 3.84. The van der Waals surface area contributed by atoms with Crippen molar-refractivity contribution < 1.29 is 9.90 Å². The molecule has 21 heavy (non-hydrogen) atoms. The van der Waals surface area contributed by atoms with Crippen LogP contribution in [0.25, 0.3) is 5.65 Å². The number of imidazole rings is 2. The van der Waals surface area contributed by atoms with Gasteiger partial charge >= 0.3 is 5.97 Å². The van der Waals surface area contributed by atoms with Crippen molar-refractivity contribution in [2.24, 2.45) is 0 Å². The zero-order valence-electron chi connectivity index (χ0n) is 11.3. The zero-order chi connectivity index (χ0) is 14.4. The van der Waals surface area contributed by atoms with Crippen molar-refractivity contribution in [3.63, 3.8) is 0 Å². The van der Waals surface area contributed by atoms with Crippen LogP contribution in [0.3, 0.4) is 0 Å². The first-order valence-electron chi connectivity index (χ1n) is 6.91. The molecule has 3 aromatic heterocycles. The molecule has 1 aliphatic rings. The topological polar surface area (TPSA) is 72.4 Å². The average molecular weight is 282 g/mol. The minimum absolute atomic E-state index is 0.172. The van der Waals surface area contributed by atoms with Crippen LogP contribution in [0, 0.1) is 0 Å². The molecule has 0 saturated heterocycles. The number of hydrogen-bond acceptors (Lipinski definition) is 3. The molecule has 3 heterocycles. The molecule has 1 saturated carbocycles. The van der Waals surface area contributed by atoms with Crippen molar-refractivity contribution in [3.8, 4) is 0 Å². The van der Waals surface area contributed by atoms with Gasteiger partial charge in [-0.05, 0) is 30.4 Å². The number of aromatic carboxylic acids is 1. The molecule has 0 bridgehead atoms. The molecule has 6 nitrogen and oxygen atoms in total. The van der Waals surface area contributed by atoms with E-state index in [0.29, 0.717) is 12.5 Å². The van der Waals surface area contributed by atoms with E-state index < -0.39 is 5.97 Å². The number of fused-ring (bicyclic) bond motifs is 1. The Morgan fingerprint density at radius 1 is 1.33 bits per heavy atom. The van der Waals surface area contributed by atoms with Crippen LogP contribution < -0.4 is 0 Å². The lowest BCUT2D eigenvalue weighted by Gasteiger charge is -2.01. The molecular formula is C15H14N4O2. The van der Waals surface area contributed by atoms with Gasteiger partial charge in [-0.3, -0.25) is 0 Å². The molecule has 0 atom stereocenters. The van der Waals surface area contributed by atoms with E-state index >= 15 is 0 Å². The molecule has 1 N–H and O–H groups in total. The summed E-state index contributed by atoms with van der Waals surface area (Å²) < 4.78 is 3.60. The fourth-order valence-corrected chi connectivity index (χ4v) is 2.60. The van der Waals surface area contributed by atoms with E-state index in [9.17, 15) is 4.79 Å². The second-order valence-corrected chi connectivity index (χ2v) is 5.45. The Labute approximate surface area is 120 Å². The number of carboxylic acid groups (broad SMARTS) is 1. The smallest absolute Gasteiger partial charge is 0.354 e. The van der Waals surface area contributed by atoms with Gasteiger partial charge in [0.2, 0.25) is 0 Å². The predicted molar refractivity (Wildman–Crippen MR) is 75.5 cm³/mol. The van der Waals surface area contributed by atoms with Crippen LogP contribution >= 0.6 is 0 Å². The van der Waals surface area contributed by atoms with E-state index in [4.69, 9.17) is 5.11 Å². The van der Waals surface area contributed by atoms with Crippen molar-refractivity contribution >= 4 is 11.6 Å². The van der Waals surface area contributed by atoms with Crippen molar-refractivity contribution in [2.75, 3.05) is 0 Å². The molecule has 0 aliphatic heterocycles. The van der Waals surface area contributed by atoms with E-state index in [0.717, 1.165) is 11.3 Å². The fourth-order valence-electron chi connectivity index (χ4n) is 2.60. The molecule has 0 amide bonds. The summed E-state index contributed by atoms with van der Waals surface area (Å²) in [6, 6.07) is 4.15. The molecule has 1 aliphatic carbocycles. The third kappa shape index (κ3) is 2.18. The Balaban J connectivity index is 1.67. The van der Waals surface area contributed by atoms with Gasteiger partial charge in [0, 0.05) is 12.4 Å². The van der Waals surface area contributed by atoms with Crippen LogP contribution in [-0.4, -0.2) is 30.0 Å². The minimum atomic E-state index is -0.979. The summed E-state index contributed by atoms with van der Waals surface area (Å²) in [7, 11) is 0. The molecule has 0 radical (unpaired) electrons. The Hall–Kier alpha value is -2.63. The monoisotopic (exact) mass is 282 g/mol. The van der Waals surface area contributed by atoms with Crippen LogP contribution in [0.15, 0.2) is 37.1 Å². The van der Waals surface area contributed by atoms with Gasteiger partial charge in [0.15, 0.2) is 0 Å². The number of aromatic nitrogens is 4. The highest BCUT2D eigenvalue weighted by Gasteiger charge is 2.23. The van der Waals surface area contributed by atoms with Crippen LogP contribution in [0.1, 0.15) is 40.5 Å². The van der Waals surface area contributed by atoms with Gasteiger partial charge in [-0.2, -0.15) is 0 Å². The van der Waals surface area contributed by atoms with Crippen molar-refractivity contribution in [1.82, 2.24) is 18.9 Å². The van der Waals surface area contributed by atoms with Crippen molar-refractivity contribution in [1.29, 1.82) is 0 Å². The first-order chi connectivity index (χ1) is 10.2. The van der Waals surface area contributed by atoms with Gasteiger partial charge in [0.1, 0.15) is 11.3 Å². The van der Waals surface area contributed by atoms with Gasteiger partial charge in [-0.15, -0.1) is 0 Å². The fraction of sp³-hybridized carbons (Fsp3) is 0.267. The summed E-state index contributed by atoms with van der Waals surface area (Å²) in [5, 5.41) is 9.09. The van der Waals surface area contributed by atoms with Gasteiger partial charge in [-0.1, -0.05) is 6.07 Å². The van der Waals surface area contributed by atoms with E-state index in [2.05, 4.69) is 22.2 Å². The van der Waals surface area contributed by atoms with Crippen molar-refractivity contribution in [2.45, 2.75) is 25.3 Å². The van der Waals surface area contributed by atoms with Crippen LogP contribution in [0.2, 0.25) is 0 Å². The SMILES string of the molecule is O=C(O)c1cncn1Cc1cn2cc(C3CC3)ccc2n1. The quantitative estimate of drug-likeness (QED) is 0.796. The maximum atomic E-state index is 11.1. The Morgan fingerprint density at radius 3 is 2.95 bits per heavy atom. The van der Waals surface area contributed by atoms with Gasteiger partial charge in [0.05, 0.1) is 24.8 Å². The largest absolute Gasteiger partial charge is 0.477 e. The maximum absolute atomic E-state index is 11.1. The van der Waals surface area contributed by atoms with E-state index in [1.165, 1.54) is 30.9 Å². The van der Waals surface area contributed by atoms with E-state index in [1.54, 1.807) is 4.57 Å². The van der Waals surface area contributed by atoms with Crippen molar-refractivity contribution in [3.05, 3.63) is 54.0 Å². The number of nitrogens with zero attached hydrogens (tertiary/aromatic N) is 4. The molecule has 0 aromatic carbocycles. The molecule has 1 fully saturated rings. The summed E-state index contributed by atoms with van der Waals surface area (Å²) in [5.41, 5.74) is 3.22. The summed E-state index contributed by atoms with van der Waals surface area (Å²) in [4.78, 5) is 19.5. The molecule has 4 rings (SSSR count). The molecule has 6 heteroatoms. The minimum Gasteiger partial charge on any atom is -0.477 e. The number of hydrogen-bond donors (Lipinski definition) is 1. The number of rotatable bonds is 4. The van der Waals surface area contributed by atoms with Crippen LogP contribution in [0.5, 0.6) is 0 Å². The molecule has 0 unspecified atom stereocenters. The van der Waals surface area contributed by atoms with Gasteiger partial charge < -0.3 is 14.1 Å². The molecule has 3 aromatic rings. The highest BCUT2D eigenvalue weighted by atomic mass is 16.4. The van der Waals surface area contributed by atoms with Gasteiger partial charge in [0.25, 0.3) is 0 Å². The van der Waals surface area contributed by atoms with Crippen LogP contribution in [-0.2, 0) is 6.54 Å². The van der Waals surface area contributed by atoms with E-state index in [-0.39, 0.29) is 5.69 Å². The van der Waals surface area contributed by atoms with E-state index in [1.807, 2.05) is 16.7 Å². The number of carboxylic acids is 1. The predicted octanol–water partition coefficient (Wildman–Crippen LogP) is 2.15. The molecule has 0 spiro atoms. The third-order valence-corrected chi connectivity index (χ3v) is 3.84. The summed E-state index contributed by atoms with van der Waals surface area (Å²) in [6.07, 6.45) is 9.48. The Morgan fingerprint density at radius 2 is 2.19 bits per heavy atom. The lowest BCUT2D eigenvalue weighted by molar-refractivity contribution is 0.0685. The first kappa shape index (κ1) is 12.1. The first-order valence-corrected chi connectivity index (χ1v) is 6.91. The lowest BCUT2D eigenvalue weighted by atomic mass is 10.2. The highest BCUT2D eigenvalue weighted by Crippen LogP contribution is 2.39. The normalized spacial score (nSPS) is 14.7. The molecular weight excluding hydrogens is 268 g/mol. The molecule has 106 valence electrons.